The van der Waals surface area contributed by atoms with Crippen molar-refractivity contribution in [1.29, 1.82) is 0 Å². The van der Waals surface area contributed by atoms with E-state index in [-0.39, 0.29) is 28.3 Å². The Labute approximate surface area is 164 Å². The highest BCUT2D eigenvalue weighted by molar-refractivity contribution is 8.01. The van der Waals surface area contributed by atoms with Gasteiger partial charge in [0.1, 0.15) is 18.2 Å². The number of para-hydroxylation sites is 1. The molecular weight excluding hydrogens is 364 g/mol. The van der Waals surface area contributed by atoms with Gasteiger partial charge in [-0.25, -0.2) is 0 Å². The van der Waals surface area contributed by atoms with Gasteiger partial charge in [-0.1, -0.05) is 12.1 Å². The Morgan fingerprint density at radius 3 is 3.04 bits per heavy atom. The average molecular weight is 391 g/mol. The molecule has 6 nitrogen and oxygen atoms in total. The summed E-state index contributed by atoms with van der Waals surface area (Å²) in [6.45, 7) is 6.92. The number of nitrogens with zero attached hydrogens (tertiary/aromatic N) is 1. The van der Waals surface area contributed by atoms with Crippen LogP contribution in [0.1, 0.15) is 39.2 Å². The lowest BCUT2D eigenvalue weighted by Gasteiger charge is -2.29. The second kappa shape index (κ2) is 6.62. The molecule has 146 valence electrons. The number of nitrogens with one attached hydrogen (secondary N) is 1. The number of rotatable bonds is 5. The molecule has 0 bridgehead atoms. The molecule has 0 aliphatic carbocycles. The molecule has 3 aliphatic heterocycles. The third kappa shape index (κ3) is 3.37. The highest BCUT2D eigenvalue weighted by atomic mass is 32.2. The second-order valence-corrected chi connectivity index (χ2v) is 9.69. The molecule has 2 fully saturated rings. The van der Waals surface area contributed by atoms with E-state index in [1.165, 1.54) is 0 Å². The van der Waals surface area contributed by atoms with Crippen LogP contribution < -0.4 is 14.8 Å². The predicted octanol–water partition coefficient (Wildman–Crippen LogP) is 2.35. The molecule has 7 heteroatoms. The predicted molar refractivity (Wildman–Crippen MR) is 104 cm³/mol. The van der Waals surface area contributed by atoms with Gasteiger partial charge in [-0.15, -0.1) is 11.8 Å². The maximum absolute atomic E-state index is 12.6. The van der Waals surface area contributed by atoms with Crippen LogP contribution >= 0.6 is 11.8 Å². The van der Waals surface area contributed by atoms with Crippen LogP contribution in [0, 0.1) is 0 Å². The van der Waals surface area contributed by atoms with Crippen molar-refractivity contribution >= 4 is 23.6 Å². The van der Waals surface area contributed by atoms with E-state index in [0.29, 0.717) is 31.1 Å². The number of carbonyl (C=O) groups excluding carboxylic acids is 2. The summed E-state index contributed by atoms with van der Waals surface area (Å²) in [6.07, 6.45) is 2.21. The smallest absolute Gasteiger partial charge is 0.243 e. The van der Waals surface area contributed by atoms with Crippen LogP contribution in [-0.2, 0) is 16.0 Å². The fourth-order valence-electron chi connectivity index (χ4n) is 4.17. The number of benzene rings is 1. The highest BCUT2D eigenvalue weighted by Crippen LogP contribution is 2.47. The Bertz CT molecular complexity index is 781. The van der Waals surface area contributed by atoms with Gasteiger partial charge in [-0.2, -0.15) is 0 Å². The molecule has 4 rings (SSSR count). The summed E-state index contributed by atoms with van der Waals surface area (Å²) in [5, 5.41) is 2.92. The molecule has 1 aromatic rings. The number of hydrogen-bond acceptors (Lipinski definition) is 5. The summed E-state index contributed by atoms with van der Waals surface area (Å²) in [6, 6.07) is 5.54. The molecule has 3 aliphatic rings. The number of amides is 2. The number of thioether (sulfide) groups is 1. The molecule has 0 radical (unpaired) electrons. The lowest BCUT2D eigenvalue weighted by Crippen LogP contribution is -2.50. The minimum absolute atomic E-state index is 0.0820. The minimum atomic E-state index is -0.375. The van der Waals surface area contributed by atoms with Gasteiger partial charge in [0, 0.05) is 24.2 Å². The lowest BCUT2D eigenvalue weighted by atomic mass is 10.0. The Morgan fingerprint density at radius 2 is 2.22 bits per heavy atom. The van der Waals surface area contributed by atoms with Crippen molar-refractivity contribution in [2.24, 2.45) is 0 Å². The maximum atomic E-state index is 12.6. The zero-order valence-corrected chi connectivity index (χ0v) is 16.9. The van der Waals surface area contributed by atoms with Crippen molar-refractivity contribution in [3.8, 4) is 11.5 Å². The van der Waals surface area contributed by atoms with Gasteiger partial charge in [-0.05, 0) is 33.3 Å². The first-order chi connectivity index (χ1) is 12.8. The van der Waals surface area contributed by atoms with E-state index in [9.17, 15) is 9.59 Å². The van der Waals surface area contributed by atoms with E-state index in [1.807, 2.05) is 12.1 Å². The largest absolute Gasteiger partial charge is 0.488 e. The van der Waals surface area contributed by atoms with Crippen molar-refractivity contribution in [1.82, 2.24) is 10.2 Å². The fraction of sp³-hybridized carbons (Fsp3) is 0.600. The number of ether oxygens (including phenoxy) is 2. The van der Waals surface area contributed by atoms with E-state index in [1.54, 1.807) is 16.7 Å². The third-order valence-corrected chi connectivity index (χ3v) is 6.97. The van der Waals surface area contributed by atoms with Crippen LogP contribution in [0.3, 0.4) is 0 Å². The summed E-state index contributed by atoms with van der Waals surface area (Å²) < 4.78 is 11.9. The van der Waals surface area contributed by atoms with Crippen molar-refractivity contribution in [3.05, 3.63) is 23.8 Å². The summed E-state index contributed by atoms with van der Waals surface area (Å²) in [5.41, 5.74) is 0.932. The van der Waals surface area contributed by atoms with Gasteiger partial charge in [-0.3, -0.25) is 9.59 Å². The summed E-state index contributed by atoms with van der Waals surface area (Å²) in [7, 11) is 0. The Morgan fingerprint density at radius 1 is 1.41 bits per heavy atom. The molecule has 1 aromatic carbocycles. The molecule has 0 saturated carbocycles. The van der Waals surface area contributed by atoms with E-state index in [2.05, 4.69) is 32.2 Å². The van der Waals surface area contributed by atoms with Gasteiger partial charge in [0.2, 0.25) is 11.8 Å². The SMILES string of the molecule is CC1(C)Cc2cccc(OCCNC(=O)[C@@H]3CS[C@@]4(C)CCC(=O)N34)c2O1. The van der Waals surface area contributed by atoms with Gasteiger partial charge in [0.05, 0.1) is 11.4 Å². The Balaban J connectivity index is 1.30. The minimum Gasteiger partial charge on any atom is -0.488 e. The molecule has 2 atom stereocenters. The summed E-state index contributed by atoms with van der Waals surface area (Å²) >= 11 is 1.70. The molecule has 27 heavy (non-hydrogen) atoms. The molecular formula is C20H26N2O4S. The van der Waals surface area contributed by atoms with Gasteiger partial charge in [0.25, 0.3) is 0 Å². The van der Waals surface area contributed by atoms with E-state index in [0.717, 1.165) is 24.2 Å². The third-order valence-electron chi connectivity index (χ3n) is 5.46. The summed E-state index contributed by atoms with van der Waals surface area (Å²) in [5.74, 6) is 2.16. The van der Waals surface area contributed by atoms with Crippen molar-refractivity contribution in [3.63, 3.8) is 0 Å². The van der Waals surface area contributed by atoms with E-state index in [4.69, 9.17) is 9.47 Å². The number of carbonyl (C=O) groups is 2. The second-order valence-electron chi connectivity index (χ2n) is 8.19. The molecule has 2 amide bonds. The first kappa shape index (κ1) is 18.5. The monoisotopic (exact) mass is 390 g/mol. The topological polar surface area (TPSA) is 67.9 Å². The highest BCUT2D eigenvalue weighted by Gasteiger charge is 2.52. The van der Waals surface area contributed by atoms with Crippen molar-refractivity contribution in [2.75, 3.05) is 18.9 Å². The van der Waals surface area contributed by atoms with E-state index < -0.39 is 0 Å². The van der Waals surface area contributed by atoms with Crippen molar-refractivity contribution in [2.45, 2.75) is 56.5 Å². The standard InChI is InChI=1S/C20H26N2O4S/c1-19(2)11-13-5-4-6-15(17(13)26-19)25-10-9-21-18(24)14-12-27-20(3)8-7-16(23)22(14)20/h4-6,14H,7-12H2,1-3H3,(H,21,24)/t14-,20-/m0/s1. The fourth-order valence-corrected chi connectivity index (χ4v) is 5.60. The quantitative estimate of drug-likeness (QED) is 0.782. The van der Waals surface area contributed by atoms with Crippen LogP contribution in [0.2, 0.25) is 0 Å². The van der Waals surface area contributed by atoms with Gasteiger partial charge in [0.15, 0.2) is 11.5 Å². The van der Waals surface area contributed by atoms with Crippen molar-refractivity contribution < 1.29 is 19.1 Å². The molecule has 0 aromatic heterocycles. The Hall–Kier alpha value is -1.89. The number of hydrogen-bond donors (Lipinski definition) is 1. The average Bonchev–Trinajstić information content (AvgIpc) is 3.21. The van der Waals surface area contributed by atoms with Crippen LogP contribution in [0.25, 0.3) is 0 Å². The normalized spacial score (nSPS) is 27.9. The van der Waals surface area contributed by atoms with Crippen LogP contribution in [0.5, 0.6) is 11.5 Å². The van der Waals surface area contributed by atoms with Crippen LogP contribution in [0.4, 0.5) is 0 Å². The van der Waals surface area contributed by atoms with Gasteiger partial charge >= 0.3 is 0 Å². The molecule has 1 N–H and O–H groups in total. The zero-order valence-electron chi connectivity index (χ0n) is 16.0. The molecule has 0 unspecified atom stereocenters. The van der Waals surface area contributed by atoms with E-state index >= 15 is 0 Å². The summed E-state index contributed by atoms with van der Waals surface area (Å²) in [4.78, 5) is 26.3. The van der Waals surface area contributed by atoms with Gasteiger partial charge < -0.3 is 19.7 Å². The first-order valence-electron chi connectivity index (χ1n) is 9.47. The zero-order chi connectivity index (χ0) is 19.2. The molecule has 2 saturated heterocycles. The lowest BCUT2D eigenvalue weighted by molar-refractivity contribution is -0.137. The van der Waals surface area contributed by atoms with Crippen LogP contribution in [0.15, 0.2) is 18.2 Å². The molecule has 0 spiro atoms. The molecule has 3 heterocycles. The maximum Gasteiger partial charge on any atom is 0.243 e. The van der Waals surface area contributed by atoms with Crippen LogP contribution in [-0.4, -0.2) is 52.1 Å². The Kier molecular flexibility index (Phi) is 4.53. The number of fused-ring (bicyclic) bond motifs is 2. The first-order valence-corrected chi connectivity index (χ1v) is 10.5.